The molecule has 1 N–H and O–H groups in total. The van der Waals surface area contributed by atoms with Gasteiger partial charge in [0, 0.05) is 16.7 Å². The van der Waals surface area contributed by atoms with Gasteiger partial charge in [0.15, 0.2) is 6.10 Å². The summed E-state index contributed by atoms with van der Waals surface area (Å²) in [7, 11) is 0. The third kappa shape index (κ3) is 6.17. The Kier molecular flexibility index (Phi) is 7.61. The quantitative estimate of drug-likeness (QED) is 0.243. The number of hydrogen-bond acceptors (Lipinski definition) is 5. The van der Waals surface area contributed by atoms with Crippen molar-refractivity contribution < 1.29 is 36.7 Å². The molecule has 0 aliphatic rings. The van der Waals surface area contributed by atoms with Crippen LogP contribution in [0.2, 0.25) is 0 Å². The van der Waals surface area contributed by atoms with E-state index in [-0.39, 0.29) is 40.6 Å². The monoisotopic (exact) mass is 542 g/mol. The average molecular weight is 543 g/mol. The number of carbonyl (C=O) groups is 1. The molecule has 0 fully saturated rings. The van der Waals surface area contributed by atoms with E-state index in [1.54, 1.807) is 52.0 Å². The lowest BCUT2D eigenvalue weighted by Crippen LogP contribution is -2.36. The molecule has 0 bridgehead atoms. The lowest BCUT2D eigenvalue weighted by molar-refractivity contribution is -0.159. The number of aliphatic carboxylic acids is 1. The van der Waals surface area contributed by atoms with Crippen LogP contribution in [-0.2, 0) is 22.3 Å². The Hall–Kier alpha value is -4.05. The van der Waals surface area contributed by atoms with Crippen LogP contribution in [0.15, 0.2) is 65.2 Å². The first kappa shape index (κ1) is 28.0. The number of nitrogens with zero attached hydrogens (tertiary/aromatic N) is 2. The summed E-state index contributed by atoms with van der Waals surface area (Å²) in [4.78, 5) is 15.7. The van der Waals surface area contributed by atoms with Crippen molar-refractivity contribution in [1.29, 1.82) is 0 Å². The summed E-state index contributed by atoms with van der Waals surface area (Å²) >= 11 is 0. The molecule has 0 saturated heterocycles. The lowest BCUT2D eigenvalue weighted by Gasteiger charge is -2.27. The van der Waals surface area contributed by atoms with E-state index >= 15 is 0 Å². The Labute approximate surface area is 222 Å². The van der Waals surface area contributed by atoms with Crippen LogP contribution in [0.4, 0.5) is 17.6 Å². The summed E-state index contributed by atoms with van der Waals surface area (Å²) in [5.41, 5.74) is 0.0468. The first-order chi connectivity index (χ1) is 18.3. The minimum Gasteiger partial charge on any atom is -0.479 e. The fraction of sp³-hybridized carbons (Fsp3) is 0.276. The zero-order valence-electron chi connectivity index (χ0n) is 21.6. The highest BCUT2D eigenvalue weighted by atomic mass is 19.4. The molecule has 39 heavy (non-hydrogen) atoms. The number of rotatable bonds is 7. The molecule has 0 aliphatic heterocycles. The third-order valence-corrected chi connectivity index (χ3v) is 6.16. The number of halogens is 4. The van der Waals surface area contributed by atoms with E-state index in [9.17, 15) is 27.5 Å². The molecular formula is C29H26F4N2O4. The summed E-state index contributed by atoms with van der Waals surface area (Å²) in [6.07, 6.45) is -5.78. The molecule has 1 heterocycles. The van der Waals surface area contributed by atoms with Crippen molar-refractivity contribution in [1.82, 2.24) is 10.1 Å². The Morgan fingerprint density at radius 3 is 2.31 bits per heavy atom. The van der Waals surface area contributed by atoms with Crippen LogP contribution in [0.25, 0.3) is 34.0 Å². The van der Waals surface area contributed by atoms with Gasteiger partial charge < -0.3 is 14.4 Å². The Morgan fingerprint density at radius 2 is 1.69 bits per heavy atom. The van der Waals surface area contributed by atoms with Crippen molar-refractivity contribution in [2.24, 2.45) is 5.41 Å². The third-order valence-electron chi connectivity index (χ3n) is 6.16. The normalized spacial score (nSPS) is 12.9. The van der Waals surface area contributed by atoms with Crippen LogP contribution >= 0.6 is 0 Å². The topological polar surface area (TPSA) is 85.5 Å². The maximum Gasteiger partial charge on any atom is 0.417 e. The highest BCUT2D eigenvalue weighted by Crippen LogP contribution is 2.40. The molecule has 4 rings (SSSR count). The number of benzene rings is 3. The molecule has 0 amide bonds. The van der Waals surface area contributed by atoms with E-state index in [2.05, 4.69) is 10.1 Å². The van der Waals surface area contributed by atoms with Crippen molar-refractivity contribution in [3.63, 3.8) is 0 Å². The molecule has 3 aromatic carbocycles. The van der Waals surface area contributed by atoms with Crippen molar-refractivity contribution in [3.8, 4) is 34.0 Å². The van der Waals surface area contributed by atoms with Crippen molar-refractivity contribution in [2.45, 2.75) is 46.6 Å². The highest BCUT2D eigenvalue weighted by Gasteiger charge is 2.35. The number of aromatic nitrogens is 2. The van der Waals surface area contributed by atoms with E-state index in [1.807, 2.05) is 0 Å². The Morgan fingerprint density at radius 1 is 1.00 bits per heavy atom. The Bertz CT molecular complexity index is 1510. The second-order valence-electron chi connectivity index (χ2n) is 10.2. The predicted octanol–water partition coefficient (Wildman–Crippen LogP) is 7.55. The van der Waals surface area contributed by atoms with Crippen LogP contribution in [0, 0.1) is 18.2 Å². The van der Waals surface area contributed by atoms with Crippen LogP contribution in [-0.4, -0.2) is 27.3 Å². The van der Waals surface area contributed by atoms with Crippen LogP contribution in [0.1, 0.15) is 37.5 Å². The second-order valence-corrected chi connectivity index (χ2v) is 10.2. The van der Waals surface area contributed by atoms with Gasteiger partial charge in [-0.25, -0.2) is 9.18 Å². The van der Waals surface area contributed by atoms with Crippen LogP contribution in [0.3, 0.4) is 0 Å². The summed E-state index contributed by atoms with van der Waals surface area (Å²) in [6.45, 7) is 6.57. The fourth-order valence-corrected chi connectivity index (χ4v) is 4.15. The molecular weight excluding hydrogens is 516 g/mol. The fourth-order valence-electron chi connectivity index (χ4n) is 4.15. The summed E-state index contributed by atoms with van der Waals surface area (Å²) in [5, 5.41) is 13.2. The highest BCUT2D eigenvalue weighted by molar-refractivity contribution is 5.75. The lowest BCUT2D eigenvalue weighted by atomic mass is 9.89. The second kappa shape index (κ2) is 10.6. The number of hydrogen-bond donors (Lipinski definition) is 1. The van der Waals surface area contributed by atoms with E-state index in [1.165, 1.54) is 24.3 Å². The zero-order valence-corrected chi connectivity index (χ0v) is 21.6. The van der Waals surface area contributed by atoms with Gasteiger partial charge in [0.25, 0.3) is 5.89 Å². The maximum absolute atomic E-state index is 14.8. The van der Waals surface area contributed by atoms with E-state index in [0.29, 0.717) is 11.1 Å². The summed E-state index contributed by atoms with van der Waals surface area (Å²) in [5.74, 6) is -2.02. The van der Waals surface area contributed by atoms with Gasteiger partial charge in [0.2, 0.25) is 5.82 Å². The van der Waals surface area contributed by atoms with Crippen LogP contribution < -0.4 is 0 Å². The van der Waals surface area contributed by atoms with Gasteiger partial charge in [-0.15, -0.1) is 0 Å². The van der Waals surface area contributed by atoms with Crippen LogP contribution in [0.5, 0.6) is 0 Å². The number of carboxylic acid groups (broad SMARTS) is 1. The molecule has 0 spiro atoms. The van der Waals surface area contributed by atoms with Crippen molar-refractivity contribution >= 4 is 5.97 Å². The van der Waals surface area contributed by atoms with Gasteiger partial charge in [-0.1, -0.05) is 68.4 Å². The minimum absolute atomic E-state index is 0.0222. The molecule has 1 unspecified atom stereocenters. The first-order valence-corrected chi connectivity index (χ1v) is 12.0. The molecule has 204 valence electrons. The predicted molar refractivity (Wildman–Crippen MR) is 136 cm³/mol. The number of carboxylic acids is 1. The van der Waals surface area contributed by atoms with Gasteiger partial charge in [0.05, 0.1) is 12.2 Å². The Balaban J connectivity index is 1.60. The summed E-state index contributed by atoms with van der Waals surface area (Å²) in [6, 6.07) is 14.6. The number of alkyl halides is 3. The number of ether oxygens (including phenoxy) is 1. The van der Waals surface area contributed by atoms with Crippen molar-refractivity contribution in [3.05, 3.63) is 83.2 Å². The molecule has 6 nitrogen and oxygen atoms in total. The molecule has 1 aromatic heterocycles. The average Bonchev–Trinajstić information content (AvgIpc) is 3.34. The molecule has 0 saturated carbocycles. The number of aryl methyl sites for hydroxylation is 1. The van der Waals surface area contributed by atoms with E-state index in [4.69, 9.17) is 9.26 Å². The van der Waals surface area contributed by atoms with Gasteiger partial charge in [-0.2, -0.15) is 18.2 Å². The smallest absolute Gasteiger partial charge is 0.417 e. The zero-order chi connectivity index (χ0) is 28.5. The van der Waals surface area contributed by atoms with E-state index in [0.717, 1.165) is 12.1 Å². The van der Waals surface area contributed by atoms with Gasteiger partial charge in [0.1, 0.15) is 5.82 Å². The molecule has 1 atom stereocenters. The standard InChI is InChI=1S/C29H26F4N2O4/c1-16-7-5-6-8-20(16)21-12-11-18(13-22(21)29(31,32)33)26-34-25(35-39-26)17-9-10-19(23(30)14-17)15-38-24(27(36)37)28(2,3)4/h5-14,24H,15H2,1-4H3,(H,36,37). The summed E-state index contributed by atoms with van der Waals surface area (Å²) < 4.78 is 67.4. The molecule has 0 aliphatic carbocycles. The van der Waals surface area contributed by atoms with Gasteiger partial charge >= 0.3 is 12.1 Å². The van der Waals surface area contributed by atoms with Gasteiger partial charge in [-0.3, -0.25) is 0 Å². The minimum atomic E-state index is -4.63. The molecule has 0 radical (unpaired) electrons. The molecule has 10 heteroatoms. The SMILES string of the molecule is Cc1ccccc1-c1ccc(-c2nc(-c3ccc(COC(C(=O)O)C(C)(C)C)c(F)c3)no2)cc1C(F)(F)F. The van der Waals surface area contributed by atoms with Gasteiger partial charge in [-0.05, 0) is 47.2 Å². The first-order valence-electron chi connectivity index (χ1n) is 12.0. The van der Waals surface area contributed by atoms with E-state index < -0.39 is 35.0 Å². The maximum atomic E-state index is 14.8. The van der Waals surface area contributed by atoms with Crippen molar-refractivity contribution in [2.75, 3.05) is 0 Å². The molecule has 4 aromatic rings. The largest absolute Gasteiger partial charge is 0.479 e.